The zero-order valence-corrected chi connectivity index (χ0v) is 9.30. The van der Waals surface area contributed by atoms with Gasteiger partial charge in [-0.25, -0.2) is 0 Å². The van der Waals surface area contributed by atoms with Crippen molar-refractivity contribution >= 4 is 17.7 Å². The van der Waals surface area contributed by atoms with Crippen LogP contribution < -0.4 is 0 Å². The van der Waals surface area contributed by atoms with Gasteiger partial charge in [-0.1, -0.05) is 60.7 Å². The van der Waals surface area contributed by atoms with Gasteiger partial charge < -0.3 is 5.11 Å². The van der Waals surface area contributed by atoms with Gasteiger partial charge in [0, 0.05) is 5.57 Å². The van der Waals surface area contributed by atoms with Crippen LogP contribution in [0.25, 0.3) is 17.7 Å². The fourth-order valence-electron chi connectivity index (χ4n) is 2.24. The van der Waals surface area contributed by atoms with E-state index in [2.05, 4.69) is 24.3 Å². The molecule has 1 aliphatic carbocycles. The number of hydrogen-bond acceptors (Lipinski definition) is 1. The van der Waals surface area contributed by atoms with Crippen molar-refractivity contribution in [3.63, 3.8) is 0 Å². The molecule has 0 bridgehead atoms. The molecule has 0 saturated heterocycles. The summed E-state index contributed by atoms with van der Waals surface area (Å²) in [5.74, 6) is 0. The summed E-state index contributed by atoms with van der Waals surface area (Å²) >= 11 is 0. The molecule has 0 amide bonds. The third-order valence-electron chi connectivity index (χ3n) is 3.07. The van der Waals surface area contributed by atoms with Crippen LogP contribution in [0.2, 0.25) is 0 Å². The maximum absolute atomic E-state index is 9.52. The third kappa shape index (κ3) is 1.56. The molecule has 0 saturated carbocycles. The van der Waals surface area contributed by atoms with E-state index in [0.29, 0.717) is 0 Å². The maximum Gasteiger partial charge on any atom is 0.0876 e. The van der Waals surface area contributed by atoms with E-state index in [-0.39, 0.29) is 0 Å². The Hall–Kier alpha value is -2.28. The predicted molar refractivity (Wildman–Crippen MR) is 71.5 cm³/mol. The predicted octanol–water partition coefficient (Wildman–Crippen LogP) is 4.12. The molecule has 0 aromatic heterocycles. The van der Waals surface area contributed by atoms with Gasteiger partial charge in [-0.15, -0.1) is 0 Å². The number of aliphatic hydroxyl groups excluding tert-OH is 1. The summed E-state index contributed by atoms with van der Waals surface area (Å²) in [4.78, 5) is 0. The summed E-state index contributed by atoms with van der Waals surface area (Å²) in [5, 5.41) is 9.52. The van der Waals surface area contributed by atoms with Crippen molar-refractivity contribution in [3.8, 4) is 0 Å². The minimum atomic E-state index is 0.876. The van der Waals surface area contributed by atoms with Crippen molar-refractivity contribution < 1.29 is 5.11 Å². The van der Waals surface area contributed by atoms with Gasteiger partial charge in [0.25, 0.3) is 0 Å². The molecule has 0 radical (unpaired) electrons. The summed E-state index contributed by atoms with van der Waals surface area (Å²) in [6.07, 6.45) is 5.38. The van der Waals surface area contributed by atoms with E-state index < -0.39 is 0 Å². The molecular formula is C16H12O. The SMILES string of the molecule is OC=C1c2ccccc2C=Cc2ccccc21. The number of aliphatic hydroxyl groups is 1. The number of fused-ring (bicyclic) bond motifs is 2. The van der Waals surface area contributed by atoms with Crippen LogP contribution in [0.15, 0.2) is 54.8 Å². The lowest BCUT2D eigenvalue weighted by atomic mass is 9.95. The van der Waals surface area contributed by atoms with Crippen molar-refractivity contribution in [1.82, 2.24) is 0 Å². The van der Waals surface area contributed by atoms with Crippen LogP contribution in [0.5, 0.6) is 0 Å². The van der Waals surface area contributed by atoms with Gasteiger partial charge in [0.15, 0.2) is 0 Å². The Balaban J connectivity index is 2.34. The highest BCUT2D eigenvalue weighted by atomic mass is 16.2. The molecule has 0 fully saturated rings. The summed E-state index contributed by atoms with van der Waals surface area (Å²) in [6.45, 7) is 0. The van der Waals surface area contributed by atoms with Crippen molar-refractivity contribution in [2.24, 2.45) is 0 Å². The topological polar surface area (TPSA) is 20.2 Å². The monoisotopic (exact) mass is 220 g/mol. The maximum atomic E-state index is 9.52. The lowest BCUT2D eigenvalue weighted by Gasteiger charge is -2.09. The van der Waals surface area contributed by atoms with Crippen LogP contribution in [-0.4, -0.2) is 5.11 Å². The smallest absolute Gasteiger partial charge is 0.0876 e. The van der Waals surface area contributed by atoms with Gasteiger partial charge in [-0.2, -0.15) is 0 Å². The van der Waals surface area contributed by atoms with E-state index in [0.717, 1.165) is 27.8 Å². The first kappa shape index (κ1) is 9.91. The molecule has 1 aliphatic rings. The number of rotatable bonds is 0. The summed E-state index contributed by atoms with van der Waals surface area (Å²) in [7, 11) is 0. The average Bonchev–Trinajstić information content (AvgIpc) is 2.55. The van der Waals surface area contributed by atoms with Crippen molar-refractivity contribution in [3.05, 3.63) is 77.0 Å². The van der Waals surface area contributed by atoms with Gasteiger partial charge in [-0.05, 0) is 22.3 Å². The molecule has 1 N–H and O–H groups in total. The zero-order valence-electron chi connectivity index (χ0n) is 9.30. The molecule has 2 aromatic carbocycles. The molecule has 3 rings (SSSR count). The first-order valence-electron chi connectivity index (χ1n) is 5.61. The molecule has 1 heteroatoms. The summed E-state index contributed by atoms with van der Waals surface area (Å²) in [6, 6.07) is 16.2. The molecule has 0 aliphatic heterocycles. The fraction of sp³-hybridized carbons (Fsp3) is 0. The summed E-state index contributed by atoms with van der Waals surface area (Å²) < 4.78 is 0. The first-order valence-corrected chi connectivity index (χ1v) is 5.61. The normalized spacial score (nSPS) is 12.6. The van der Waals surface area contributed by atoms with Crippen LogP contribution in [0.3, 0.4) is 0 Å². The quantitative estimate of drug-likeness (QED) is 0.565. The van der Waals surface area contributed by atoms with Gasteiger partial charge in [0.05, 0.1) is 6.26 Å². The molecule has 0 unspecified atom stereocenters. The minimum Gasteiger partial charge on any atom is -0.515 e. The summed E-state index contributed by atoms with van der Waals surface area (Å²) in [5.41, 5.74) is 5.27. The van der Waals surface area contributed by atoms with E-state index >= 15 is 0 Å². The van der Waals surface area contributed by atoms with Crippen molar-refractivity contribution in [2.75, 3.05) is 0 Å². The Kier molecular flexibility index (Phi) is 2.30. The standard InChI is InChI=1S/C16H12O/c17-11-16-14-7-3-1-5-12(14)9-10-13-6-2-4-8-15(13)16/h1-11,17H. The second kappa shape index (κ2) is 3.95. The average molecular weight is 220 g/mol. The Morgan fingerprint density at radius 3 is 1.65 bits per heavy atom. The van der Waals surface area contributed by atoms with Gasteiger partial charge >= 0.3 is 0 Å². The Bertz CT molecular complexity index is 569. The minimum absolute atomic E-state index is 0.876. The largest absolute Gasteiger partial charge is 0.515 e. The van der Waals surface area contributed by atoms with Crippen LogP contribution >= 0.6 is 0 Å². The van der Waals surface area contributed by atoms with Crippen molar-refractivity contribution in [1.29, 1.82) is 0 Å². The molecule has 0 heterocycles. The Labute approximate surface area is 100 Å². The van der Waals surface area contributed by atoms with Crippen LogP contribution in [0.4, 0.5) is 0 Å². The molecule has 2 aromatic rings. The lowest BCUT2D eigenvalue weighted by molar-refractivity contribution is 0.476. The van der Waals surface area contributed by atoms with E-state index in [9.17, 15) is 5.11 Å². The van der Waals surface area contributed by atoms with Gasteiger partial charge in [0.2, 0.25) is 0 Å². The van der Waals surface area contributed by atoms with Gasteiger partial charge in [-0.3, -0.25) is 0 Å². The highest BCUT2D eigenvalue weighted by Gasteiger charge is 2.13. The molecule has 0 atom stereocenters. The van der Waals surface area contributed by atoms with Crippen molar-refractivity contribution in [2.45, 2.75) is 0 Å². The number of benzene rings is 2. The van der Waals surface area contributed by atoms with E-state index in [1.54, 1.807) is 0 Å². The number of hydrogen-bond donors (Lipinski definition) is 1. The molecule has 0 spiro atoms. The molecular weight excluding hydrogens is 208 g/mol. The lowest BCUT2D eigenvalue weighted by Crippen LogP contribution is -1.91. The van der Waals surface area contributed by atoms with Gasteiger partial charge in [0.1, 0.15) is 0 Å². The third-order valence-corrected chi connectivity index (χ3v) is 3.07. The second-order valence-electron chi connectivity index (χ2n) is 4.05. The second-order valence-corrected chi connectivity index (χ2v) is 4.05. The Morgan fingerprint density at radius 1 is 0.706 bits per heavy atom. The van der Waals surface area contributed by atoms with Crippen LogP contribution in [0.1, 0.15) is 22.3 Å². The van der Waals surface area contributed by atoms with E-state index in [1.807, 2.05) is 36.4 Å². The first-order chi connectivity index (χ1) is 8.40. The van der Waals surface area contributed by atoms with Crippen LogP contribution in [-0.2, 0) is 0 Å². The zero-order chi connectivity index (χ0) is 11.7. The molecule has 1 nitrogen and oxygen atoms in total. The molecule has 17 heavy (non-hydrogen) atoms. The van der Waals surface area contributed by atoms with Crippen LogP contribution in [0, 0.1) is 0 Å². The molecule has 82 valence electrons. The highest BCUT2D eigenvalue weighted by Crippen LogP contribution is 2.32. The highest BCUT2D eigenvalue weighted by molar-refractivity contribution is 5.93. The Morgan fingerprint density at radius 2 is 1.18 bits per heavy atom. The van der Waals surface area contributed by atoms with E-state index in [1.165, 1.54) is 6.26 Å². The fourth-order valence-corrected chi connectivity index (χ4v) is 2.24. The van der Waals surface area contributed by atoms with E-state index in [4.69, 9.17) is 0 Å².